The molecular formula is C42H48N4O7. The van der Waals surface area contributed by atoms with Crippen molar-refractivity contribution in [3.8, 4) is 22.8 Å². The number of allylic oxidation sites excluding steroid dienone is 1. The molecule has 4 heterocycles. The van der Waals surface area contributed by atoms with Gasteiger partial charge in [-0.25, -0.2) is 4.98 Å². The number of aromatic nitrogens is 1. The number of fused-ring (bicyclic) bond motifs is 5. The summed E-state index contributed by atoms with van der Waals surface area (Å²) in [6.45, 7) is 1.10. The lowest BCUT2D eigenvalue weighted by Gasteiger charge is -2.29. The summed E-state index contributed by atoms with van der Waals surface area (Å²) in [6.07, 6.45) is 9.66. The molecule has 11 heteroatoms. The third-order valence-corrected chi connectivity index (χ3v) is 12.2. The Morgan fingerprint density at radius 3 is 2.62 bits per heavy atom. The Morgan fingerprint density at radius 2 is 1.87 bits per heavy atom. The molecule has 0 radical (unpaired) electrons. The van der Waals surface area contributed by atoms with Crippen molar-refractivity contribution in [3.63, 3.8) is 0 Å². The van der Waals surface area contributed by atoms with E-state index in [0.29, 0.717) is 49.4 Å². The van der Waals surface area contributed by atoms with Crippen LogP contribution in [0.1, 0.15) is 64.2 Å². The summed E-state index contributed by atoms with van der Waals surface area (Å²) in [5.74, 6) is -1.94. The molecule has 2 aliphatic carbocycles. The normalized spacial score (nSPS) is 31.3. The number of carbonyl (C=O) groups is 4. The second-order valence-electron chi connectivity index (χ2n) is 15.6. The molecule has 1 aromatic heterocycles. The molecule has 2 saturated carbocycles. The van der Waals surface area contributed by atoms with E-state index in [1.165, 1.54) is 0 Å². The number of likely N-dealkylation sites (tertiary alicyclic amines) is 1. The number of pyridine rings is 1. The standard InChI is InChI=1S/C42H48N4O7/c1-51-29-14-15-32-36(20-29)44-35(25-10-7-5-8-11-25)21-37(32)53-30-18-33-34(19-30)40(49)45-42(41(43)50)22-27(42)13-9-4-2-3-6-12-26(39(33)48)16-38(47)46-23-31-17-28(46)24-52-31/h5,7-11,13-15,20-21,26-28,30-31,33-34H,2-4,6,12,16-19,22-24H2,1H3,(H2,43,50)(H,45,49)/t26-,27-,28?,30+,31?,33?,34-,42-/m1/s1. The molecule has 2 bridgehead atoms. The number of nitrogens with zero attached hydrogens (tertiary/aromatic N) is 2. The lowest BCUT2D eigenvalue weighted by Crippen LogP contribution is -2.51. The first-order valence-corrected chi connectivity index (χ1v) is 19.2. The maximum Gasteiger partial charge on any atom is 0.243 e. The first-order valence-electron chi connectivity index (χ1n) is 19.2. The van der Waals surface area contributed by atoms with E-state index in [-0.39, 0.29) is 48.5 Å². The van der Waals surface area contributed by atoms with Crippen LogP contribution in [0.2, 0.25) is 0 Å². The van der Waals surface area contributed by atoms with Crippen molar-refractivity contribution in [2.75, 3.05) is 20.3 Å². The van der Waals surface area contributed by atoms with Gasteiger partial charge in [-0.15, -0.1) is 0 Å². The van der Waals surface area contributed by atoms with E-state index in [1.54, 1.807) is 7.11 Å². The summed E-state index contributed by atoms with van der Waals surface area (Å²) >= 11 is 0. The Bertz CT molecular complexity index is 1930. The number of methoxy groups -OCH3 is 1. The number of benzene rings is 2. The number of Topliss-reactive ketones (excluding diaryl/α,β-unsaturated/α-hetero) is 1. The smallest absolute Gasteiger partial charge is 0.243 e. The zero-order valence-corrected chi connectivity index (χ0v) is 30.2. The van der Waals surface area contributed by atoms with Crippen LogP contribution in [-0.4, -0.2) is 77.4 Å². The first-order chi connectivity index (χ1) is 25.7. The van der Waals surface area contributed by atoms with Gasteiger partial charge in [0.25, 0.3) is 0 Å². The molecule has 0 spiro atoms. The zero-order chi connectivity index (χ0) is 36.7. The highest BCUT2D eigenvalue weighted by Gasteiger charge is 2.60. The average Bonchev–Trinajstić information content (AvgIpc) is 3.50. The number of ketones is 1. The molecule has 4 fully saturated rings. The summed E-state index contributed by atoms with van der Waals surface area (Å²) in [6, 6.07) is 17.4. The molecule has 2 aromatic carbocycles. The summed E-state index contributed by atoms with van der Waals surface area (Å²) in [7, 11) is 1.61. The number of rotatable bonds is 7. The van der Waals surface area contributed by atoms with Crippen LogP contribution >= 0.6 is 0 Å². The SMILES string of the molecule is COc1ccc2c(O[C@H]3CC4C(=O)[C@@H](CC(=O)N5CC6CC5CO6)CCCCCC=C[C@@H]5C[C@@]5(C(N)=O)NC(=O)[C@@H]4C3)cc(-c3ccccc3)nc2c1. The number of morpholine rings is 1. The summed E-state index contributed by atoms with van der Waals surface area (Å²) in [5, 5.41) is 3.80. The number of primary amides is 1. The molecule has 3 amide bonds. The third-order valence-electron chi connectivity index (χ3n) is 12.2. The van der Waals surface area contributed by atoms with E-state index in [4.69, 9.17) is 24.9 Å². The third kappa shape index (κ3) is 7.03. The Balaban J connectivity index is 1.11. The number of nitrogens with two attached hydrogens (primary N) is 1. The van der Waals surface area contributed by atoms with E-state index in [9.17, 15) is 19.2 Å². The van der Waals surface area contributed by atoms with Gasteiger partial charge in [0.05, 0.1) is 43.0 Å². The highest BCUT2D eigenvalue weighted by atomic mass is 16.5. The fraction of sp³-hybridized carbons (Fsp3) is 0.500. The van der Waals surface area contributed by atoms with Gasteiger partial charge in [-0.3, -0.25) is 19.2 Å². The second kappa shape index (κ2) is 14.6. The lowest BCUT2D eigenvalue weighted by atomic mass is 9.81. The Labute approximate surface area is 309 Å². The fourth-order valence-electron chi connectivity index (χ4n) is 9.12. The van der Waals surface area contributed by atoms with E-state index >= 15 is 0 Å². The quantitative estimate of drug-likeness (QED) is 0.319. The van der Waals surface area contributed by atoms with Gasteiger partial charge in [0.1, 0.15) is 28.9 Å². The number of carbonyl (C=O) groups excluding carboxylic acids is 4. The van der Waals surface area contributed by atoms with Crippen LogP contribution in [0.3, 0.4) is 0 Å². The van der Waals surface area contributed by atoms with Gasteiger partial charge in [-0.2, -0.15) is 0 Å². The molecule has 3 unspecified atom stereocenters. The van der Waals surface area contributed by atoms with Crippen LogP contribution in [0.25, 0.3) is 22.2 Å². The predicted octanol–water partition coefficient (Wildman–Crippen LogP) is 5.14. The molecule has 8 rings (SSSR count). The van der Waals surface area contributed by atoms with Crippen molar-refractivity contribution >= 4 is 34.4 Å². The second-order valence-corrected chi connectivity index (χ2v) is 15.6. The Morgan fingerprint density at radius 1 is 1.04 bits per heavy atom. The number of ether oxygens (including phenoxy) is 3. The number of hydrogen-bond donors (Lipinski definition) is 2. The monoisotopic (exact) mass is 720 g/mol. The van der Waals surface area contributed by atoms with E-state index in [1.807, 2.05) is 65.6 Å². The van der Waals surface area contributed by atoms with Gasteiger partial charge in [-0.1, -0.05) is 55.3 Å². The van der Waals surface area contributed by atoms with Gasteiger partial charge in [-0.05, 0) is 57.1 Å². The maximum atomic E-state index is 14.8. The van der Waals surface area contributed by atoms with Crippen LogP contribution in [-0.2, 0) is 23.9 Å². The molecule has 11 nitrogen and oxygen atoms in total. The molecule has 5 aliphatic rings. The summed E-state index contributed by atoms with van der Waals surface area (Å²) < 4.78 is 18.0. The number of nitrogens with one attached hydrogen (secondary N) is 1. The lowest BCUT2D eigenvalue weighted by molar-refractivity contribution is -0.142. The zero-order valence-electron chi connectivity index (χ0n) is 30.2. The minimum atomic E-state index is -1.17. The molecule has 2 saturated heterocycles. The van der Waals surface area contributed by atoms with Crippen molar-refractivity contribution in [3.05, 3.63) is 66.7 Å². The molecule has 278 valence electrons. The molecule has 8 atom stereocenters. The van der Waals surface area contributed by atoms with Crippen LogP contribution in [0.5, 0.6) is 11.5 Å². The average molecular weight is 721 g/mol. The number of hydrogen-bond acceptors (Lipinski definition) is 8. The maximum absolute atomic E-state index is 14.8. The topological polar surface area (TPSA) is 150 Å². The molecule has 3 N–H and O–H groups in total. The van der Waals surface area contributed by atoms with Crippen molar-refractivity contribution in [2.24, 2.45) is 29.4 Å². The van der Waals surface area contributed by atoms with Gasteiger partial charge >= 0.3 is 0 Å². The molecule has 53 heavy (non-hydrogen) atoms. The van der Waals surface area contributed by atoms with Gasteiger partial charge < -0.3 is 30.2 Å². The van der Waals surface area contributed by atoms with Gasteiger partial charge in [0, 0.05) is 53.8 Å². The van der Waals surface area contributed by atoms with Crippen LogP contribution in [0.15, 0.2) is 66.7 Å². The van der Waals surface area contributed by atoms with Crippen molar-refractivity contribution in [1.29, 1.82) is 0 Å². The van der Waals surface area contributed by atoms with Crippen LogP contribution in [0, 0.1) is 23.7 Å². The van der Waals surface area contributed by atoms with Crippen molar-refractivity contribution < 1.29 is 33.4 Å². The first kappa shape index (κ1) is 35.3. The fourth-order valence-corrected chi connectivity index (χ4v) is 9.12. The Hall–Kier alpha value is -4.77. The van der Waals surface area contributed by atoms with Crippen LogP contribution in [0.4, 0.5) is 0 Å². The van der Waals surface area contributed by atoms with Gasteiger partial charge in [0.15, 0.2) is 0 Å². The minimum Gasteiger partial charge on any atom is -0.497 e. The molecular weight excluding hydrogens is 672 g/mol. The van der Waals surface area contributed by atoms with Crippen molar-refractivity contribution in [2.45, 2.75) is 88.0 Å². The van der Waals surface area contributed by atoms with Gasteiger partial charge in [0.2, 0.25) is 17.7 Å². The predicted molar refractivity (Wildman–Crippen MR) is 198 cm³/mol. The number of amides is 3. The van der Waals surface area contributed by atoms with Crippen LogP contribution < -0.4 is 20.5 Å². The van der Waals surface area contributed by atoms with E-state index < -0.39 is 35.3 Å². The highest BCUT2D eigenvalue weighted by molar-refractivity contribution is 5.98. The Kier molecular flexibility index (Phi) is 9.70. The van der Waals surface area contributed by atoms with E-state index in [0.717, 1.165) is 48.7 Å². The van der Waals surface area contributed by atoms with Crippen molar-refractivity contribution in [1.82, 2.24) is 15.2 Å². The minimum absolute atomic E-state index is 0.0209. The highest BCUT2D eigenvalue weighted by Crippen LogP contribution is 2.47. The molecule has 3 aromatic rings. The summed E-state index contributed by atoms with van der Waals surface area (Å²) in [5.41, 5.74) is 7.08. The molecule has 3 aliphatic heterocycles. The largest absolute Gasteiger partial charge is 0.497 e. The summed E-state index contributed by atoms with van der Waals surface area (Å²) in [4.78, 5) is 62.5. The van der Waals surface area contributed by atoms with E-state index in [2.05, 4.69) is 11.4 Å².